The van der Waals surface area contributed by atoms with Crippen molar-refractivity contribution in [3.05, 3.63) is 65.6 Å². The molecule has 0 radical (unpaired) electrons. The van der Waals surface area contributed by atoms with Gasteiger partial charge in [-0.15, -0.1) is 0 Å². The monoisotopic (exact) mass is 522 g/mol. The van der Waals surface area contributed by atoms with Gasteiger partial charge in [-0.25, -0.2) is 9.78 Å². The highest BCUT2D eigenvalue weighted by atomic mass is 35.5. The van der Waals surface area contributed by atoms with Gasteiger partial charge in [0.25, 0.3) is 5.91 Å². The second-order valence-corrected chi connectivity index (χ2v) is 9.26. The van der Waals surface area contributed by atoms with Crippen LogP contribution in [0.3, 0.4) is 0 Å². The van der Waals surface area contributed by atoms with Crippen LogP contribution < -0.4 is 14.8 Å². The molecule has 4 rings (SSSR count). The number of rotatable bonds is 9. The predicted molar refractivity (Wildman–Crippen MR) is 141 cm³/mol. The number of aromatic nitrogens is 3. The molecule has 2 aromatic heterocycles. The number of aliphatic carboxylic acids is 1. The van der Waals surface area contributed by atoms with Gasteiger partial charge in [0, 0.05) is 16.6 Å². The molecule has 192 valence electrons. The maximum atomic E-state index is 13.5. The smallest absolute Gasteiger partial charge is 0.326 e. The fourth-order valence-corrected chi connectivity index (χ4v) is 4.40. The van der Waals surface area contributed by atoms with Crippen molar-refractivity contribution in [3.63, 3.8) is 0 Å². The lowest BCUT2D eigenvalue weighted by molar-refractivity contribution is -0.139. The summed E-state index contributed by atoms with van der Waals surface area (Å²) >= 11 is 6.20. The summed E-state index contributed by atoms with van der Waals surface area (Å²) in [5, 5.41) is 13.6. The molecule has 2 heterocycles. The first-order valence-corrected chi connectivity index (χ1v) is 12.0. The molecule has 0 aliphatic rings. The van der Waals surface area contributed by atoms with Crippen LogP contribution in [0.25, 0.3) is 28.0 Å². The van der Waals surface area contributed by atoms with Crippen molar-refractivity contribution in [2.75, 3.05) is 14.2 Å². The molecular weight excluding hydrogens is 496 g/mol. The molecular formula is C27H27ClN4O5. The summed E-state index contributed by atoms with van der Waals surface area (Å²) in [6, 6.07) is 11.3. The molecule has 9 nitrogen and oxygen atoms in total. The standard InChI is InChI=1S/C27H27ClN4O5/c1-15(2)12-19(27(34)35)31-26(33)21-14-30-25(24-22(36-3)6-5-7-23(24)37-4)32(21)20-10-11-29-18-13-16(28)8-9-17(18)20/h5-11,13-15,19H,12H2,1-4H3,(H,31,33)(H,34,35)/t19-/m0/s1. The molecule has 0 spiro atoms. The molecule has 0 saturated heterocycles. The molecule has 2 N–H and O–H groups in total. The van der Waals surface area contributed by atoms with Crippen molar-refractivity contribution in [3.8, 4) is 28.6 Å². The number of carboxylic acid groups (broad SMARTS) is 1. The van der Waals surface area contributed by atoms with Crippen molar-refractivity contribution >= 4 is 34.4 Å². The lowest BCUT2D eigenvalue weighted by atomic mass is 10.0. The molecule has 2 aromatic carbocycles. The number of carboxylic acids is 1. The van der Waals surface area contributed by atoms with E-state index in [-0.39, 0.29) is 18.0 Å². The fraction of sp³-hybridized carbons (Fsp3) is 0.259. The summed E-state index contributed by atoms with van der Waals surface area (Å²) in [5.41, 5.74) is 1.89. The van der Waals surface area contributed by atoms with Crippen molar-refractivity contribution < 1.29 is 24.2 Å². The Kier molecular flexibility index (Phi) is 7.63. The third kappa shape index (κ3) is 5.22. The maximum Gasteiger partial charge on any atom is 0.326 e. The third-order valence-electron chi connectivity index (χ3n) is 5.88. The van der Waals surface area contributed by atoms with Crippen LogP contribution >= 0.6 is 11.6 Å². The van der Waals surface area contributed by atoms with Gasteiger partial charge in [0.2, 0.25) is 0 Å². The molecule has 1 atom stereocenters. The lowest BCUT2D eigenvalue weighted by Gasteiger charge is -2.19. The summed E-state index contributed by atoms with van der Waals surface area (Å²) in [7, 11) is 3.07. The van der Waals surface area contributed by atoms with Gasteiger partial charge in [-0.1, -0.05) is 31.5 Å². The highest BCUT2D eigenvalue weighted by Crippen LogP contribution is 2.40. The van der Waals surface area contributed by atoms with E-state index >= 15 is 0 Å². The summed E-state index contributed by atoms with van der Waals surface area (Å²) in [5.74, 6) is -0.278. The van der Waals surface area contributed by atoms with Crippen LogP contribution in [0.5, 0.6) is 11.5 Å². The zero-order valence-electron chi connectivity index (χ0n) is 20.9. The minimum Gasteiger partial charge on any atom is -0.496 e. The third-order valence-corrected chi connectivity index (χ3v) is 6.11. The number of imidazole rings is 1. The number of carbonyl (C=O) groups is 2. The first kappa shape index (κ1) is 26.0. The number of carbonyl (C=O) groups excluding carboxylic acids is 1. The van der Waals surface area contributed by atoms with Gasteiger partial charge in [0.05, 0.1) is 31.6 Å². The normalized spacial score (nSPS) is 11.9. The van der Waals surface area contributed by atoms with Crippen LogP contribution in [0.2, 0.25) is 5.02 Å². The van der Waals surface area contributed by atoms with Crippen molar-refractivity contribution in [1.82, 2.24) is 19.9 Å². The van der Waals surface area contributed by atoms with E-state index < -0.39 is 17.9 Å². The Labute approximate surface area is 219 Å². The Morgan fingerprint density at radius 1 is 1.08 bits per heavy atom. The number of hydrogen-bond acceptors (Lipinski definition) is 6. The largest absolute Gasteiger partial charge is 0.496 e. The van der Waals surface area contributed by atoms with Crippen LogP contribution in [0.4, 0.5) is 0 Å². The van der Waals surface area contributed by atoms with Crippen molar-refractivity contribution in [1.29, 1.82) is 0 Å². The SMILES string of the molecule is COc1cccc(OC)c1-c1ncc(C(=O)N[C@@H](CC(C)C)C(=O)O)n1-c1ccnc2cc(Cl)ccc12. The summed E-state index contributed by atoms with van der Waals surface area (Å²) in [6.45, 7) is 3.79. The number of benzene rings is 2. The molecule has 37 heavy (non-hydrogen) atoms. The Morgan fingerprint density at radius 3 is 2.41 bits per heavy atom. The van der Waals surface area contributed by atoms with E-state index in [2.05, 4.69) is 15.3 Å². The average Bonchev–Trinajstić information content (AvgIpc) is 3.31. The molecule has 10 heteroatoms. The highest BCUT2D eigenvalue weighted by Gasteiger charge is 2.28. The molecule has 1 amide bonds. The predicted octanol–water partition coefficient (Wildman–Crippen LogP) is 4.99. The number of nitrogens with one attached hydrogen (secondary N) is 1. The first-order valence-electron chi connectivity index (χ1n) is 11.6. The van der Waals surface area contributed by atoms with Gasteiger partial charge < -0.3 is 19.9 Å². The molecule has 0 aliphatic carbocycles. The van der Waals surface area contributed by atoms with E-state index in [1.54, 1.807) is 47.2 Å². The van der Waals surface area contributed by atoms with Gasteiger partial charge in [-0.05, 0) is 48.7 Å². The van der Waals surface area contributed by atoms with E-state index in [1.165, 1.54) is 20.4 Å². The Balaban J connectivity index is 1.98. The highest BCUT2D eigenvalue weighted by molar-refractivity contribution is 6.31. The number of methoxy groups -OCH3 is 2. The minimum atomic E-state index is -1.11. The van der Waals surface area contributed by atoms with E-state index in [1.807, 2.05) is 19.9 Å². The number of fused-ring (bicyclic) bond motifs is 1. The minimum absolute atomic E-state index is 0.0635. The number of pyridine rings is 1. The fourth-order valence-electron chi connectivity index (χ4n) is 4.23. The molecule has 0 bridgehead atoms. The number of amides is 1. The second-order valence-electron chi connectivity index (χ2n) is 8.83. The van der Waals surface area contributed by atoms with Gasteiger partial charge >= 0.3 is 5.97 Å². The molecule has 0 unspecified atom stereocenters. The van der Waals surface area contributed by atoms with Gasteiger partial charge in [0.1, 0.15) is 28.8 Å². The maximum absolute atomic E-state index is 13.5. The molecule has 0 saturated carbocycles. The molecule has 4 aromatic rings. The van der Waals surface area contributed by atoms with Crippen LogP contribution in [0, 0.1) is 5.92 Å². The summed E-state index contributed by atoms with van der Waals surface area (Å²) in [4.78, 5) is 34.4. The second kappa shape index (κ2) is 10.9. The van der Waals surface area contributed by atoms with Gasteiger partial charge in [-0.3, -0.25) is 14.3 Å². The topological polar surface area (TPSA) is 116 Å². The van der Waals surface area contributed by atoms with Gasteiger partial charge in [-0.2, -0.15) is 0 Å². The molecule has 0 fully saturated rings. The number of nitrogens with zero attached hydrogens (tertiary/aromatic N) is 3. The van der Waals surface area contributed by atoms with Crippen LogP contribution in [-0.2, 0) is 4.79 Å². The number of ether oxygens (including phenoxy) is 2. The Morgan fingerprint density at radius 2 is 1.78 bits per heavy atom. The first-order chi connectivity index (χ1) is 17.7. The lowest BCUT2D eigenvalue weighted by Crippen LogP contribution is -2.42. The zero-order chi connectivity index (χ0) is 26.7. The van der Waals surface area contributed by atoms with E-state index in [0.29, 0.717) is 44.5 Å². The van der Waals surface area contributed by atoms with Gasteiger partial charge in [0.15, 0.2) is 5.82 Å². The van der Waals surface area contributed by atoms with Crippen LogP contribution in [-0.4, -0.2) is 51.8 Å². The Hall–Kier alpha value is -4.11. The summed E-state index contributed by atoms with van der Waals surface area (Å²) in [6.07, 6.45) is 3.30. The summed E-state index contributed by atoms with van der Waals surface area (Å²) < 4.78 is 12.9. The average molecular weight is 523 g/mol. The van der Waals surface area contributed by atoms with Crippen LogP contribution in [0.1, 0.15) is 30.8 Å². The number of halogens is 1. The van der Waals surface area contributed by atoms with Crippen molar-refractivity contribution in [2.45, 2.75) is 26.3 Å². The van der Waals surface area contributed by atoms with E-state index in [4.69, 9.17) is 21.1 Å². The number of hydrogen-bond donors (Lipinski definition) is 2. The van der Waals surface area contributed by atoms with Crippen LogP contribution in [0.15, 0.2) is 54.9 Å². The molecule has 0 aliphatic heterocycles. The quantitative estimate of drug-likeness (QED) is 0.318. The van der Waals surface area contributed by atoms with Crippen molar-refractivity contribution in [2.24, 2.45) is 5.92 Å². The zero-order valence-corrected chi connectivity index (χ0v) is 21.6. The van der Waals surface area contributed by atoms with E-state index in [9.17, 15) is 14.7 Å². The Bertz CT molecular complexity index is 1440. The van der Waals surface area contributed by atoms with E-state index in [0.717, 1.165) is 0 Å².